The van der Waals surface area contributed by atoms with Gasteiger partial charge >= 0.3 is 13.8 Å². The van der Waals surface area contributed by atoms with E-state index in [0.717, 1.165) is 44.9 Å². The zero-order valence-corrected chi connectivity index (χ0v) is 39.2. The summed E-state index contributed by atoms with van der Waals surface area (Å²) >= 11 is 0. The third-order valence-corrected chi connectivity index (χ3v) is 11.8. The average Bonchev–Trinajstić information content (AvgIpc) is 3.21. The third kappa shape index (κ3) is 46.1. The second-order valence-corrected chi connectivity index (χ2v) is 18.1. The Bertz CT molecular complexity index is 946. The molecule has 2 unspecified atom stereocenters. The minimum absolute atomic E-state index is 0.0955. The molecule has 0 aromatic rings. The van der Waals surface area contributed by atoms with Crippen molar-refractivity contribution in [2.45, 2.75) is 251 Å². The van der Waals surface area contributed by atoms with E-state index in [-0.39, 0.29) is 32.3 Å². The Morgan fingerprint density at radius 2 is 0.948 bits per heavy atom. The number of hydrogen-bond donors (Lipinski definition) is 2. The first-order valence-electron chi connectivity index (χ1n) is 24.8. The Kier molecular flexibility index (Phi) is 46.2. The number of carbonyl (C=O) groups excluding carboxylic acids is 1. The smallest absolute Gasteiger partial charge is 0.457 e. The molecule has 0 saturated carbocycles. The zero-order valence-electron chi connectivity index (χ0n) is 38.3. The van der Waals surface area contributed by atoms with E-state index < -0.39 is 13.9 Å². The Labute approximate surface area is 359 Å². The van der Waals surface area contributed by atoms with Crippen molar-refractivity contribution in [1.29, 1.82) is 0 Å². The van der Waals surface area contributed by atoms with Gasteiger partial charge in [0, 0.05) is 19.6 Å². The summed E-state index contributed by atoms with van der Waals surface area (Å²) in [4.78, 5) is 22.5. The Morgan fingerprint density at radius 1 is 0.517 bits per heavy atom. The van der Waals surface area contributed by atoms with Crippen molar-refractivity contribution in [1.82, 2.24) is 0 Å². The van der Waals surface area contributed by atoms with Gasteiger partial charge in [0.25, 0.3) is 0 Å². The van der Waals surface area contributed by atoms with Gasteiger partial charge in [-0.25, -0.2) is 4.57 Å². The maximum Gasteiger partial charge on any atom is 0.472 e. The lowest BCUT2D eigenvalue weighted by Gasteiger charge is -2.20. The molecule has 0 aromatic carbocycles. The highest BCUT2D eigenvalue weighted by Crippen LogP contribution is 2.43. The van der Waals surface area contributed by atoms with Gasteiger partial charge in [-0.1, -0.05) is 224 Å². The molecule has 0 aliphatic rings. The number of ether oxygens (including phenoxy) is 2. The van der Waals surface area contributed by atoms with Gasteiger partial charge in [-0.05, 0) is 38.5 Å². The van der Waals surface area contributed by atoms with Gasteiger partial charge in [-0.2, -0.15) is 0 Å². The van der Waals surface area contributed by atoms with E-state index in [4.69, 9.17) is 24.3 Å². The predicted molar refractivity (Wildman–Crippen MR) is 247 cm³/mol. The lowest BCUT2D eigenvalue weighted by atomic mass is 10.0. The number of rotatable bonds is 48. The lowest BCUT2D eigenvalue weighted by molar-refractivity contribution is -0.154. The van der Waals surface area contributed by atoms with Crippen molar-refractivity contribution in [3.05, 3.63) is 24.3 Å². The predicted octanol–water partition coefficient (Wildman–Crippen LogP) is 15.2. The molecule has 0 spiro atoms. The number of unbranched alkanes of at least 4 members (excludes halogenated alkanes) is 31. The van der Waals surface area contributed by atoms with Crippen LogP contribution < -0.4 is 5.73 Å². The normalized spacial score (nSPS) is 13.5. The Morgan fingerprint density at radius 3 is 1.41 bits per heavy atom. The van der Waals surface area contributed by atoms with Crippen molar-refractivity contribution in [3.8, 4) is 0 Å². The van der Waals surface area contributed by atoms with E-state index in [1.165, 1.54) is 180 Å². The summed E-state index contributed by atoms with van der Waals surface area (Å²) in [6.07, 6.45) is 53.6. The number of allylic oxidation sites excluding steroid dienone is 4. The fourth-order valence-electron chi connectivity index (χ4n) is 7.21. The third-order valence-electron chi connectivity index (χ3n) is 10.9. The van der Waals surface area contributed by atoms with Crippen LogP contribution >= 0.6 is 7.82 Å². The first-order valence-corrected chi connectivity index (χ1v) is 26.3. The van der Waals surface area contributed by atoms with E-state index in [0.29, 0.717) is 13.0 Å². The summed E-state index contributed by atoms with van der Waals surface area (Å²) in [6, 6.07) is 0. The molecule has 0 aliphatic carbocycles. The molecule has 58 heavy (non-hydrogen) atoms. The lowest BCUT2D eigenvalue weighted by Crippen LogP contribution is -2.28. The molecule has 0 bridgehead atoms. The van der Waals surface area contributed by atoms with E-state index >= 15 is 0 Å². The number of nitrogens with two attached hydrogens (primary N) is 1. The van der Waals surface area contributed by atoms with Crippen LogP contribution in [-0.4, -0.2) is 49.9 Å². The van der Waals surface area contributed by atoms with Gasteiger partial charge in [-0.3, -0.25) is 13.8 Å². The molecular weight excluding hydrogens is 746 g/mol. The summed E-state index contributed by atoms with van der Waals surface area (Å²) in [7, 11) is -4.28. The summed E-state index contributed by atoms with van der Waals surface area (Å²) in [6.45, 7) is 4.88. The summed E-state index contributed by atoms with van der Waals surface area (Å²) in [5.41, 5.74) is 5.38. The highest BCUT2D eigenvalue weighted by atomic mass is 31.2. The first-order chi connectivity index (χ1) is 28.4. The van der Waals surface area contributed by atoms with Crippen LogP contribution in [0.25, 0.3) is 0 Å². The van der Waals surface area contributed by atoms with E-state index in [2.05, 4.69) is 38.2 Å². The molecule has 344 valence electrons. The molecule has 0 heterocycles. The molecule has 9 heteroatoms. The molecule has 0 aliphatic heterocycles. The highest BCUT2D eigenvalue weighted by molar-refractivity contribution is 7.47. The van der Waals surface area contributed by atoms with Crippen LogP contribution in [-0.2, 0) is 27.9 Å². The molecule has 0 amide bonds. The van der Waals surface area contributed by atoms with Crippen LogP contribution in [0.3, 0.4) is 0 Å². The maximum atomic E-state index is 12.6. The Hall–Kier alpha value is -1.02. The van der Waals surface area contributed by atoms with Crippen molar-refractivity contribution in [3.63, 3.8) is 0 Å². The minimum Gasteiger partial charge on any atom is -0.457 e. The van der Waals surface area contributed by atoms with Crippen LogP contribution in [0.4, 0.5) is 0 Å². The molecule has 0 saturated heterocycles. The molecular formula is C49H96NO7P. The van der Waals surface area contributed by atoms with E-state index in [1.807, 2.05) is 0 Å². The highest BCUT2D eigenvalue weighted by Gasteiger charge is 2.25. The van der Waals surface area contributed by atoms with Gasteiger partial charge in [0.1, 0.15) is 6.10 Å². The molecule has 8 nitrogen and oxygen atoms in total. The number of carbonyl (C=O) groups is 1. The van der Waals surface area contributed by atoms with Crippen molar-refractivity contribution in [2.75, 3.05) is 33.0 Å². The molecule has 0 rings (SSSR count). The largest absolute Gasteiger partial charge is 0.472 e. The standard InChI is InChI=1S/C49H96NO7P/c1-3-5-7-9-11-13-15-17-19-20-21-22-23-24-25-26-27-28-29-30-32-34-36-38-40-42-49(51)57-48(47-56-58(52,53)55-45-43-50)46-54-44-41-39-37-35-33-31-18-16-14-12-10-8-6-4-2/h8,10,14,16,48H,3-7,9,11-13,15,17-47,50H2,1-2H3,(H,52,53)/b10-8-,16-14-. The summed E-state index contributed by atoms with van der Waals surface area (Å²) < 4.78 is 33.5. The van der Waals surface area contributed by atoms with Gasteiger partial charge in [0.2, 0.25) is 0 Å². The number of hydrogen-bond acceptors (Lipinski definition) is 7. The quantitative estimate of drug-likeness (QED) is 0.0269. The van der Waals surface area contributed by atoms with Gasteiger partial charge < -0.3 is 20.1 Å². The molecule has 0 radical (unpaired) electrons. The van der Waals surface area contributed by atoms with E-state index in [1.54, 1.807) is 0 Å². The minimum atomic E-state index is -4.28. The molecule has 0 aromatic heterocycles. The fraction of sp³-hybridized carbons (Fsp3) is 0.898. The van der Waals surface area contributed by atoms with Crippen LogP contribution in [0.15, 0.2) is 24.3 Å². The van der Waals surface area contributed by atoms with Crippen molar-refractivity contribution >= 4 is 13.8 Å². The second-order valence-electron chi connectivity index (χ2n) is 16.7. The van der Waals surface area contributed by atoms with Crippen molar-refractivity contribution in [2.24, 2.45) is 5.73 Å². The number of phosphoric ester groups is 1. The molecule has 0 fully saturated rings. The number of phosphoric acid groups is 1. The second kappa shape index (κ2) is 47.0. The van der Waals surface area contributed by atoms with Crippen molar-refractivity contribution < 1.29 is 32.8 Å². The molecule has 3 N–H and O–H groups in total. The summed E-state index contributed by atoms with van der Waals surface area (Å²) in [5, 5.41) is 0. The maximum absolute atomic E-state index is 12.6. The van der Waals surface area contributed by atoms with Crippen LogP contribution in [0.5, 0.6) is 0 Å². The monoisotopic (exact) mass is 842 g/mol. The summed E-state index contributed by atoms with van der Waals surface area (Å²) in [5.74, 6) is -0.329. The van der Waals surface area contributed by atoms with Gasteiger partial charge in [-0.15, -0.1) is 0 Å². The Balaban J connectivity index is 3.86. The van der Waals surface area contributed by atoms with Crippen LogP contribution in [0.1, 0.15) is 245 Å². The average molecular weight is 842 g/mol. The number of esters is 1. The van der Waals surface area contributed by atoms with Crippen LogP contribution in [0.2, 0.25) is 0 Å². The zero-order chi connectivity index (χ0) is 42.3. The topological polar surface area (TPSA) is 117 Å². The van der Waals surface area contributed by atoms with Crippen LogP contribution in [0, 0.1) is 0 Å². The first kappa shape index (κ1) is 57.0. The van der Waals surface area contributed by atoms with E-state index in [9.17, 15) is 14.3 Å². The SMILES string of the molecule is CCC/C=C\C/C=C\CCCCCCCCOCC(COP(=O)(O)OCCN)OC(=O)CCCCCCCCCCCCCCCCCCCCCCCCCCC. The van der Waals surface area contributed by atoms with Gasteiger partial charge in [0.15, 0.2) is 0 Å². The molecule has 2 atom stereocenters. The van der Waals surface area contributed by atoms with Gasteiger partial charge in [0.05, 0.1) is 19.8 Å². The fourth-order valence-corrected chi connectivity index (χ4v) is 7.98.